The van der Waals surface area contributed by atoms with E-state index in [-0.39, 0.29) is 0 Å². The van der Waals surface area contributed by atoms with Crippen LogP contribution in [0.2, 0.25) is 0 Å². The van der Waals surface area contributed by atoms with Crippen molar-refractivity contribution >= 4 is 61.0 Å². The molecule has 3 heteroatoms. The van der Waals surface area contributed by atoms with Crippen molar-refractivity contribution in [2.45, 2.75) is 0 Å². The molecule has 0 bridgehead atoms. The third-order valence-corrected chi connectivity index (χ3v) is 8.85. The SMILES string of the molecule is C1=NC2=C([N-]C1)c1ccc(-n3c4cccc5c4c4c(cccc43)-c3cccc4cccc-5c34)c3cccc2c13. The minimum absolute atomic E-state index is 0.642. The number of hydrogen-bond donors (Lipinski definition) is 0. The van der Waals surface area contributed by atoms with E-state index in [1.54, 1.807) is 0 Å². The molecule has 0 unspecified atom stereocenters. The van der Waals surface area contributed by atoms with Crippen LogP contribution in [0.3, 0.4) is 0 Å². The minimum atomic E-state index is 0.642. The van der Waals surface area contributed by atoms with Gasteiger partial charge < -0.3 is 9.88 Å². The van der Waals surface area contributed by atoms with Crippen LogP contribution < -0.4 is 0 Å². The topological polar surface area (TPSA) is 31.4 Å². The van der Waals surface area contributed by atoms with Crippen LogP contribution in [0.1, 0.15) is 11.1 Å². The third-order valence-electron chi connectivity index (χ3n) is 8.85. The van der Waals surface area contributed by atoms with Crippen molar-refractivity contribution in [1.82, 2.24) is 4.57 Å². The van der Waals surface area contributed by atoms with E-state index in [2.05, 4.69) is 108 Å². The molecule has 7 aromatic rings. The standard InChI is InChI=1S/C36H20N3/c1-6-20-7-2-9-22-24-11-5-15-30-34(24)33-23(21(8-1)31(20)22)10-4-14-29(33)39(30)28-17-16-27-32-25(28)12-3-13-26(32)35-36(27)38-19-18-37-35/h1-18H,19H2/q-1. The fraction of sp³-hybridized carbons (Fsp3) is 0.0278. The number of aromatic nitrogens is 1. The van der Waals surface area contributed by atoms with Crippen molar-refractivity contribution in [3.05, 3.63) is 120 Å². The predicted molar refractivity (Wildman–Crippen MR) is 164 cm³/mol. The predicted octanol–water partition coefficient (Wildman–Crippen LogP) is 9.33. The number of nitrogens with zero attached hydrogens (tertiary/aromatic N) is 3. The quantitative estimate of drug-likeness (QED) is 0.218. The van der Waals surface area contributed by atoms with Crippen molar-refractivity contribution in [2.75, 3.05) is 6.54 Å². The Kier molecular flexibility index (Phi) is 3.48. The molecule has 1 aliphatic heterocycles. The van der Waals surface area contributed by atoms with Crippen molar-refractivity contribution in [3.8, 4) is 27.9 Å². The molecule has 180 valence electrons. The van der Waals surface area contributed by atoms with E-state index in [0.29, 0.717) is 6.54 Å². The van der Waals surface area contributed by atoms with E-state index in [1.807, 2.05) is 6.21 Å². The second-order valence-electron chi connectivity index (χ2n) is 10.7. The molecule has 1 aromatic heterocycles. The van der Waals surface area contributed by atoms with Crippen LogP contribution in [0.5, 0.6) is 0 Å². The maximum absolute atomic E-state index is 4.83. The largest absolute Gasteiger partial charge is 0.678 e. The van der Waals surface area contributed by atoms with E-state index >= 15 is 0 Å². The van der Waals surface area contributed by atoms with Crippen molar-refractivity contribution < 1.29 is 0 Å². The Morgan fingerprint density at radius 2 is 1.15 bits per heavy atom. The first-order valence-corrected chi connectivity index (χ1v) is 13.5. The fourth-order valence-electron chi connectivity index (χ4n) is 7.40. The Morgan fingerprint density at radius 1 is 0.538 bits per heavy atom. The van der Waals surface area contributed by atoms with Gasteiger partial charge in [-0.15, -0.1) is 5.70 Å². The van der Waals surface area contributed by atoms with Gasteiger partial charge in [0.2, 0.25) is 0 Å². The lowest BCUT2D eigenvalue weighted by molar-refractivity contribution is 1.20. The summed E-state index contributed by atoms with van der Waals surface area (Å²) in [4.78, 5) is 4.76. The molecular formula is C36H20N3-. The molecule has 39 heavy (non-hydrogen) atoms. The molecule has 0 atom stereocenters. The highest BCUT2D eigenvalue weighted by molar-refractivity contribution is 6.28. The normalized spacial score (nSPS) is 14.6. The van der Waals surface area contributed by atoms with Crippen molar-refractivity contribution in [3.63, 3.8) is 0 Å². The summed E-state index contributed by atoms with van der Waals surface area (Å²) in [5.74, 6) is 0. The maximum atomic E-state index is 4.83. The van der Waals surface area contributed by atoms with Gasteiger partial charge in [-0.3, -0.25) is 4.99 Å². The average Bonchev–Trinajstić information content (AvgIpc) is 3.47. The molecule has 0 saturated carbocycles. The smallest absolute Gasteiger partial charge is 0.0561 e. The van der Waals surface area contributed by atoms with Crippen LogP contribution in [-0.2, 0) is 0 Å². The zero-order chi connectivity index (χ0) is 25.2. The summed E-state index contributed by atoms with van der Waals surface area (Å²) in [6.07, 6.45) is 1.91. The third kappa shape index (κ3) is 2.29. The van der Waals surface area contributed by atoms with Gasteiger partial charge in [-0.25, -0.2) is 0 Å². The number of aliphatic imine (C=N–C) groups is 1. The summed E-state index contributed by atoms with van der Waals surface area (Å²) in [5.41, 5.74) is 13.3. The van der Waals surface area contributed by atoms with Gasteiger partial charge in [0.05, 0.1) is 22.4 Å². The molecule has 0 spiro atoms. The second-order valence-corrected chi connectivity index (χ2v) is 10.7. The molecule has 10 rings (SSSR count). The van der Waals surface area contributed by atoms with Crippen LogP contribution >= 0.6 is 0 Å². The van der Waals surface area contributed by atoms with Gasteiger partial charge >= 0.3 is 0 Å². The summed E-state index contributed by atoms with van der Waals surface area (Å²) < 4.78 is 2.48. The molecular weight excluding hydrogens is 474 g/mol. The molecule has 0 saturated heterocycles. The zero-order valence-electron chi connectivity index (χ0n) is 20.9. The highest BCUT2D eigenvalue weighted by Crippen LogP contribution is 2.51. The van der Waals surface area contributed by atoms with Crippen LogP contribution in [-0.4, -0.2) is 17.3 Å². The lowest BCUT2D eigenvalue weighted by atomic mass is 9.93. The highest BCUT2D eigenvalue weighted by atomic mass is 15.0. The Morgan fingerprint density at radius 3 is 1.87 bits per heavy atom. The molecule has 0 fully saturated rings. The van der Waals surface area contributed by atoms with E-state index in [4.69, 9.17) is 10.3 Å². The van der Waals surface area contributed by atoms with Crippen molar-refractivity contribution in [1.29, 1.82) is 0 Å². The average molecular weight is 495 g/mol. The summed E-state index contributed by atoms with van der Waals surface area (Å²) in [5, 5.41) is 12.6. The molecule has 2 heterocycles. The molecule has 0 N–H and O–H groups in total. The van der Waals surface area contributed by atoms with E-state index < -0.39 is 0 Å². The summed E-state index contributed by atoms with van der Waals surface area (Å²) >= 11 is 0. The van der Waals surface area contributed by atoms with Crippen LogP contribution in [0.4, 0.5) is 0 Å². The molecule has 0 amide bonds. The first-order chi connectivity index (χ1) is 19.4. The Labute approximate surface area is 224 Å². The van der Waals surface area contributed by atoms with Crippen molar-refractivity contribution in [2.24, 2.45) is 4.99 Å². The van der Waals surface area contributed by atoms with Gasteiger partial charge in [-0.2, -0.15) is 0 Å². The first kappa shape index (κ1) is 19.9. The van der Waals surface area contributed by atoms with Crippen LogP contribution in [0.25, 0.3) is 88.0 Å². The summed E-state index contributed by atoms with van der Waals surface area (Å²) in [6, 6.07) is 38.1. The molecule has 0 radical (unpaired) electrons. The number of rotatable bonds is 1. The van der Waals surface area contributed by atoms with E-state index in [0.717, 1.165) is 11.4 Å². The summed E-state index contributed by atoms with van der Waals surface area (Å²) in [7, 11) is 0. The summed E-state index contributed by atoms with van der Waals surface area (Å²) in [6.45, 7) is 0.642. The maximum Gasteiger partial charge on any atom is 0.0561 e. The first-order valence-electron chi connectivity index (χ1n) is 13.5. The number of hydrogen-bond acceptors (Lipinski definition) is 1. The highest BCUT2D eigenvalue weighted by Gasteiger charge is 2.26. The Hall–Kier alpha value is -5.15. The van der Waals surface area contributed by atoms with Crippen LogP contribution in [0.15, 0.2) is 108 Å². The Balaban J connectivity index is 1.38. The van der Waals surface area contributed by atoms with E-state index in [9.17, 15) is 0 Å². The molecule has 6 aromatic carbocycles. The minimum Gasteiger partial charge on any atom is -0.678 e. The monoisotopic (exact) mass is 494 g/mol. The van der Waals surface area contributed by atoms with Gasteiger partial charge in [0.1, 0.15) is 0 Å². The van der Waals surface area contributed by atoms with Gasteiger partial charge in [0, 0.05) is 21.7 Å². The Bertz CT molecular complexity index is 2230. The van der Waals surface area contributed by atoms with E-state index in [1.165, 1.54) is 82.4 Å². The number of fused-ring (bicyclic) bond motifs is 4. The second kappa shape index (κ2) is 6.83. The zero-order valence-corrected chi connectivity index (χ0v) is 20.9. The lowest BCUT2D eigenvalue weighted by Gasteiger charge is -2.26. The van der Waals surface area contributed by atoms with Gasteiger partial charge in [-0.1, -0.05) is 91.5 Å². The fourth-order valence-corrected chi connectivity index (χ4v) is 7.40. The van der Waals surface area contributed by atoms with Gasteiger partial charge in [0.15, 0.2) is 0 Å². The van der Waals surface area contributed by atoms with Gasteiger partial charge in [0.25, 0.3) is 0 Å². The molecule has 3 nitrogen and oxygen atoms in total. The number of benzene rings is 6. The van der Waals surface area contributed by atoms with Crippen LogP contribution in [0, 0.1) is 0 Å². The molecule has 2 aliphatic carbocycles. The lowest BCUT2D eigenvalue weighted by Crippen LogP contribution is -1.97. The molecule has 3 aliphatic rings. The van der Waals surface area contributed by atoms with Gasteiger partial charge in [-0.05, 0) is 68.4 Å².